The normalized spacial score (nSPS) is 11.8. The van der Waals surface area contributed by atoms with Gasteiger partial charge >= 0.3 is 6.03 Å². The van der Waals surface area contributed by atoms with Gasteiger partial charge in [0.1, 0.15) is 0 Å². The predicted octanol–water partition coefficient (Wildman–Crippen LogP) is 4.51. The Balaban J connectivity index is 4.63. The summed E-state index contributed by atoms with van der Waals surface area (Å²) >= 11 is 1.62. The van der Waals surface area contributed by atoms with Gasteiger partial charge in [-0.15, -0.1) is 0 Å². The first-order valence-corrected chi connectivity index (χ1v) is 9.20. The molecule has 5 heteroatoms. The predicted molar refractivity (Wildman–Crippen MR) is 95.2 cm³/mol. The van der Waals surface area contributed by atoms with E-state index in [9.17, 15) is 4.79 Å². The third-order valence-electron chi connectivity index (χ3n) is 2.89. The average Bonchev–Trinajstić information content (AvgIpc) is 2.44. The van der Waals surface area contributed by atoms with E-state index >= 15 is 0 Å². The van der Waals surface area contributed by atoms with Crippen LogP contribution >= 0.6 is 11.8 Å². The van der Waals surface area contributed by atoms with Gasteiger partial charge in [-0.2, -0.15) is 0 Å². The summed E-state index contributed by atoms with van der Waals surface area (Å²) in [5, 5.41) is 4.18. The molecule has 4 nitrogen and oxygen atoms in total. The molecule has 0 spiro atoms. The summed E-state index contributed by atoms with van der Waals surface area (Å²) in [5.41, 5.74) is 0. The van der Waals surface area contributed by atoms with Crippen molar-refractivity contribution in [3.05, 3.63) is 0 Å². The molecule has 2 amide bonds. The molecule has 1 N–H and O–H groups in total. The molecule has 0 bridgehead atoms. The standard InChI is InChI=1S/C16H33N3OS/c1-6-9-12-19(13-10-7-2)16(20)18-15(17-11-8-3)21-14(4)5/h14H,6-13H2,1-5H3,(H,17,18,20). The van der Waals surface area contributed by atoms with Crippen molar-refractivity contribution in [3.63, 3.8) is 0 Å². The van der Waals surface area contributed by atoms with Crippen molar-refractivity contribution < 1.29 is 4.79 Å². The van der Waals surface area contributed by atoms with E-state index in [0.717, 1.165) is 56.9 Å². The number of unbranched alkanes of at least 4 members (excludes halogenated alkanes) is 2. The first-order valence-electron chi connectivity index (χ1n) is 8.32. The highest BCUT2D eigenvalue weighted by Gasteiger charge is 2.15. The van der Waals surface area contributed by atoms with Gasteiger partial charge in [0, 0.05) is 24.9 Å². The van der Waals surface area contributed by atoms with Crippen molar-refractivity contribution in [2.75, 3.05) is 19.6 Å². The van der Waals surface area contributed by atoms with Crippen molar-refractivity contribution in [1.29, 1.82) is 0 Å². The Labute approximate surface area is 135 Å². The zero-order valence-electron chi connectivity index (χ0n) is 14.4. The summed E-state index contributed by atoms with van der Waals surface area (Å²) in [7, 11) is 0. The molecule has 0 aliphatic heterocycles. The second kappa shape index (κ2) is 13.0. The van der Waals surface area contributed by atoms with Gasteiger partial charge in [-0.25, -0.2) is 4.79 Å². The molecule has 0 saturated carbocycles. The van der Waals surface area contributed by atoms with Crippen LogP contribution in [0.4, 0.5) is 4.79 Å². The molecule has 0 heterocycles. The van der Waals surface area contributed by atoms with Crippen LogP contribution in [0.1, 0.15) is 66.7 Å². The van der Waals surface area contributed by atoms with Crippen LogP contribution in [0.2, 0.25) is 0 Å². The van der Waals surface area contributed by atoms with Crippen molar-refractivity contribution in [2.24, 2.45) is 4.99 Å². The summed E-state index contributed by atoms with van der Waals surface area (Å²) in [4.78, 5) is 18.8. The van der Waals surface area contributed by atoms with Crippen LogP contribution in [0.15, 0.2) is 4.99 Å². The maximum absolute atomic E-state index is 12.4. The molecule has 0 radical (unpaired) electrons. The van der Waals surface area contributed by atoms with Gasteiger partial charge in [0.15, 0.2) is 5.17 Å². The highest BCUT2D eigenvalue weighted by atomic mass is 32.2. The maximum atomic E-state index is 12.4. The van der Waals surface area contributed by atoms with Gasteiger partial charge < -0.3 is 4.90 Å². The monoisotopic (exact) mass is 315 g/mol. The lowest BCUT2D eigenvalue weighted by molar-refractivity contribution is 0.201. The second-order valence-electron chi connectivity index (χ2n) is 5.48. The minimum atomic E-state index is -0.0000898. The van der Waals surface area contributed by atoms with Crippen LogP contribution in [-0.4, -0.2) is 41.0 Å². The number of amidine groups is 1. The Morgan fingerprint density at radius 2 is 1.67 bits per heavy atom. The highest BCUT2D eigenvalue weighted by molar-refractivity contribution is 8.14. The quantitative estimate of drug-likeness (QED) is 0.503. The van der Waals surface area contributed by atoms with Gasteiger partial charge in [-0.1, -0.05) is 59.2 Å². The van der Waals surface area contributed by atoms with Crippen LogP contribution in [0.3, 0.4) is 0 Å². The minimum absolute atomic E-state index is 0.0000898. The Morgan fingerprint density at radius 3 is 2.10 bits per heavy atom. The zero-order valence-corrected chi connectivity index (χ0v) is 15.3. The molecule has 0 rings (SSSR count). The molecule has 21 heavy (non-hydrogen) atoms. The highest BCUT2D eigenvalue weighted by Crippen LogP contribution is 2.11. The van der Waals surface area contributed by atoms with Gasteiger partial charge in [0.25, 0.3) is 0 Å². The molecule has 0 aliphatic carbocycles. The van der Waals surface area contributed by atoms with Crippen LogP contribution in [0.25, 0.3) is 0 Å². The number of nitrogens with zero attached hydrogens (tertiary/aromatic N) is 2. The van der Waals surface area contributed by atoms with E-state index in [1.54, 1.807) is 11.8 Å². The molecular weight excluding hydrogens is 282 g/mol. The molecule has 0 unspecified atom stereocenters. The Hall–Kier alpha value is -0.710. The second-order valence-corrected chi connectivity index (χ2v) is 7.04. The van der Waals surface area contributed by atoms with E-state index in [2.05, 4.69) is 44.9 Å². The third kappa shape index (κ3) is 10.6. The summed E-state index contributed by atoms with van der Waals surface area (Å²) in [6, 6.07) is -0.0000898. The number of thioether (sulfide) groups is 1. The molecule has 0 atom stereocenters. The summed E-state index contributed by atoms with van der Waals surface area (Å²) in [5.74, 6) is 0. The molecule has 0 aromatic heterocycles. The van der Waals surface area contributed by atoms with Crippen LogP contribution in [0.5, 0.6) is 0 Å². The zero-order chi connectivity index (χ0) is 16.1. The van der Waals surface area contributed by atoms with Gasteiger partial charge in [-0.3, -0.25) is 10.3 Å². The minimum Gasteiger partial charge on any atom is -0.324 e. The average molecular weight is 316 g/mol. The fourth-order valence-corrected chi connectivity index (χ4v) is 2.48. The molecule has 0 saturated heterocycles. The summed E-state index contributed by atoms with van der Waals surface area (Å²) < 4.78 is 0. The van der Waals surface area contributed by atoms with Gasteiger partial charge in [0.05, 0.1) is 0 Å². The summed E-state index contributed by atoms with van der Waals surface area (Å²) in [6.45, 7) is 13.0. The number of urea groups is 1. The van der Waals surface area contributed by atoms with Crippen molar-refractivity contribution in [3.8, 4) is 0 Å². The molecule has 0 aromatic rings. The van der Waals surface area contributed by atoms with Crippen molar-refractivity contribution in [1.82, 2.24) is 10.2 Å². The maximum Gasteiger partial charge on any atom is 0.323 e. The molecule has 0 fully saturated rings. The molecule has 0 aliphatic rings. The Kier molecular flexibility index (Phi) is 12.5. The van der Waals surface area contributed by atoms with Crippen LogP contribution in [-0.2, 0) is 0 Å². The summed E-state index contributed by atoms with van der Waals surface area (Å²) in [6.07, 6.45) is 5.31. The SMILES string of the molecule is CCCCN(CCCC)C(=O)NC(=NCCC)SC(C)C. The van der Waals surface area contributed by atoms with E-state index < -0.39 is 0 Å². The smallest absolute Gasteiger partial charge is 0.323 e. The lowest BCUT2D eigenvalue weighted by Gasteiger charge is -2.23. The lowest BCUT2D eigenvalue weighted by Crippen LogP contribution is -2.43. The third-order valence-corrected chi connectivity index (χ3v) is 3.82. The topological polar surface area (TPSA) is 44.7 Å². The van der Waals surface area contributed by atoms with Crippen LogP contribution < -0.4 is 5.32 Å². The number of rotatable bonds is 9. The first kappa shape index (κ1) is 20.3. The van der Waals surface area contributed by atoms with Crippen LogP contribution in [0, 0.1) is 0 Å². The van der Waals surface area contributed by atoms with E-state index in [4.69, 9.17) is 0 Å². The Morgan fingerprint density at radius 1 is 1.10 bits per heavy atom. The van der Waals surface area contributed by atoms with Gasteiger partial charge in [0.2, 0.25) is 0 Å². The van der Waals surface area contributed by atoms with Crippen molar-refractivity contribution >= 4 is 23.0 Å². The number of nitrogens with one attached hydrogen (secondary N) is 1. The number of hydrogen-bond acceptors (Lipinski definition) is 3. The first-order chi connectivity index (χ1) is 10.0. The van der Waals surface area contributed by atoms with E-state index in [1.165, 1.54) is 0 Å². The number of carbonyl (C=O) groups is 1. The number of aliphatic imine (C=N–C) groups is 1. The lowest BCUT2D eigenvalue weighted by atomic mass is 10.3. The molecular formula is C16H33N3OS. The Bertz CT molecular complexity index is 298. The van der Waals surface area contributed by atoms with Gasteiger partial charge in [-0.05, 0) is 19.3 Å². The number of amides is 2. The van der Waals surface area contributed by atoms with Crippen molar-refractivity contribution in [2.45, 2.75) is 72.0 Å². The van der Waals surface area contributed by atoms with E-state index in [1.807, 2.05) is 4.90 Å². The molecule has 0 aromatic carbocycles. The van der Waals surface area contributed by atoms with E-state index in [0.29, 0.717) is 5.25 Å². The fourth-order valence-electron chi connectivity index (χ4n) is 1.73. The number of carbonyl (C=O) groups excluding carboxylic acids is 1. The van der Waals surface area contributed by atoms with E-state index in [-0.39, 0.29) is 6.03 Å². The molecule has 124 valence electrons. The fraction of sp³-hybridized carbons (Fsp3) is 0.875. The largest absolute Gasteiger partial charge is 0.324 e. The number of hydrogen-bond donors (Lipinski definition) is 1.